The van der Waals surface area contributed by atoms with E-state index in [0.717, 1.165) is 47.5 Å². The Hall–Kier alpha value is -4.83. The van der Waals surface area contributed by atoms with Crippen molar-refractivity contribution in [2.75, 3.05) is 31.6 Å². The van der Waals surface area contributed by atoms with Crippen molar-refractivity contribution in [2.24, 2.45) is 0 Å². The van der Waals surface area contributed by atoms with Gasteiger partial charge in [-0.3, -0.25) is 9.59 Å². The maximum Gasteiger partial charge on any atom is 0.573 e. The molecule has 280 valence electrons. The highest BCUT2D eigenvalue weighted by Gasteiger charge is 2.32. The molecule has 0 saturated carbocycles. The molecule has 13 nitrogen and oxygen atoms in total. The van der Waals surface area contributed by atoms with Crippen LogP contribution in [0.25, 0.3) is 22.0 Å². The van der Waals surface area contributed by atoms with Gasteiger partial charge in [-0.15, -0.1) is 13.2 Å². The number of anilines is 1. The van der Waals surface area contributed by atoms with E-state index in [-0.39, 0.29) is 42.2 Å². The number of carbonyl (C=O) groups excluding carboxylic acids is 2. The smallest absolute Gasteiger partial charge is 0.444 e. The number of benzene rings is 2. The largest absolute Gasteiger partial charge is 0.573 e. The van der Waals surface area contributed by atoms with Crippen molar-refractivity contribution in [1.29, 1.82) is 0 Å². The average Bonchev–Trinajstić information content (AvgIpc) is 3.51. The van der Waals surface area contributed by atoms with Crippen molar-refractivity contribution >= 4 is 40.2 Å². The van der Waals surface area contributed by atoms with Crippen LogP contribution >= 0.6 is 11.6 Å². The van der Waals surface area contributed by atoms with Crippen LogP contribution in [0.3, 0.4) is 0 Å². The molecular weight excluding hydrogens is 707 g/mol. The molecule has 1 atom stereocenters. The van der Waals surface area contributed by atoms with Gasteiger partial charge in [0.05, 0.1) is 22.9 Å². The van der Waals surface area contributed by atoms with E-state index in [0.29, 0.717) is 37.2 Å². The summed E-state index contributed by atoms with van der Waals surface area (Å²) in [5, 5.41) is 17.9. The Morgan fingerprint density at radius 2 is 1.90 bits per heavy atom. The fourth-order valence-electron chi connectivity index (χ4n) is 5.63. The van der Waals surface area contributed by atoms with Crippen molar-refractivity contribution in [3.05, 3.63) is 69.7 Å². The molecule has 2 amide bonds. The number of amides is 2. The molecule has 3 heterocycles. The molecule has 4 aromatic rings. The molecule has 0 bridgehead atoms. The van der Waals surface area contributed by atoms with Gasteiger partial charge in [0.15, 0.2) is 6.23 Å². The summed E-state index contributed by atoms with van der Waals surface area (Å²) in [6, 6.07) is 9.06. The molecule has 17 heteroatoms. The van der Waals surface area contributed by atoms with Crippen molar-refractivity contribution in [3.8, 4) is 16.9 Å². The van der Waals surface area contributed by atoms with Gasteiger partial charge in [-0.25, -0.2) is 14.6 Å². The molecule has 0 radical (unpaired) electrons. The van der Waals surface area contributed by atoms with Crippen LogP contribution in [0.15, 0.2) is 53.6 Å². The molecule has 1 unspecified atom stereocenters. The number of carbonyl (C=O) groups is 2. The molecule has 5 rings (SSSR count). The summed E-state index contributed by atoms with van der Waals surface area (Å²) < 4.78 is 55.3. The van der Waals surface area contributed by atoms with Crippen LogP contribution in [0.5, 0.6) is 5.75 Å². The van der Waals surface area contributed by atoms with Crippen LogP contribution < -0.4 is 20.9 Å². The van der Waals surface area contributed by atoms with E-state index >= 15 is 0 Å². The number of fused-ring (bicyclic) bond motifs is 1. The van der Waals surface area contributed by atoms with Gasteiger partial charge in [-0.2, -0.15) is 10.2 Å². The lowest BCUT2D eigenvalue weighted by Crippen LogP contribution is -2.39. The second-order valence-electron chi connectivity index (χ2n) is 13.3. The third kappa shape index (κ3) is 10.8. The molecular formula is C35H41ClF3N7O6. The fourth-order valence-corrected chi connectivity index (χ4v) is 5.88. The first-order valence-corrected chi connectivity index (χ1v) is 17.2. The number of aromatic amines is 1. The van der Waals surface area contributed by atoms with E-state index in [4.69, 9.17) is 21.1 Å². The van der Waals surface area contributed by atoms with Gasteiger partial charge in [0.25, 0.3) is 5.56 Å². The average molecular weight is 748 g/mol. The number of aromatic nitrogens is 4. The Balaban J connectivity index is 1.18. The Labute approximate surface area is 302 Å². The van der Waals surface area contributed by atoms with Crippen molar-refractivity contribution in [2.45, 2.75) is 77.6 Å². The number of hydrogen-bond donors (Lipinski definition) is 3. The number of alkyl halides is 3. The van der Waals surface area contributed by atoms with Crippen molar-refractivity contribution in [1.82, 2.24) is 30.2 Å². The summed E-state index contributed by atoms with van der Waals surface area (Å²) in [7, 11) is 0. The molecule has 1 saturated heterocycles. The zero-order chi connectivity index (χ0) is 37.5. The van der Waals surface area contributed by atoms with Gasteiger partial charge >= 0.3 is 12.5 Å². The SMILES string of the molecule is CC(C)(C)OC(=O)N(CCC(=O)NCCCNc1cc(-c2cn[nH]c(=O)c2)cc2c1cnn2C1CCCCO1)Cc1ccc(OC(F)(F)F)c(Cl)c1. The second-order valence-corrected chi connectivity index (χ2v) is 13.7. The van der Waals surface area contributed by atoms with Crippen LogP contribution in [0.4, 0.5) is 23.7 Å². The minimum absolute atomic E-state index is 0.0198. The van der Waals surface area contributed by atoms with Crippen LogP contribution in [0.2, 0.25) is 5.02 Å². The summed E-state index contributed by atoms with van der Waals surface area (Å²) in [5.74, 6) is -0.873. The quantitative estimate of drug-likeness (QED) is 0.126. The number of nitrogens with zero attached hydrogens (tertiary/aromatic N) is 4. The van der Waals surface area contributed by atoms with Crippen LogP contribution in [-0.4, -0.2) is 75.1 Å². The van der Waals surface area contributed by atoms with E-state index in [1.165, 1.54) is 23.1 Å². The number of rotatable bonds is 13. The maximum absolute atomic E-state index is 13.0. The van der Waals surface area contributed by atoms with E-state index in [1.807, 2.05) is 16.8 Å². The third-order valence-electron chi connectivity index (χ3n) is 7.99. The number of ether oxygens (including phenoxy) is 3. The number of hydrogen-bond acceptors (Lipinski definition) is 9. The zero-order valence-corrected chi connectivity index (χ0v) is 29.8. The Morgan fingerprint density at radius 1 is 1.10 bits per heavy atom. The Morgan fingerprint density at radius 3 is 2.60 bits per heavy atom. The predicted octanol–water partition coefficient (Wildman–Crippen LogP) is 6.78. The molecule has 1 fully saturated rings. The molecule has 1 aliphatic heterocycles. The van der Waals surface area contributed by atoms with Gasteiger partial charge in [-0.05, 0) is 81.8 Å². The summed E-state index contributed by atoms with van der Waals surface area (Å²) in [6.07, 6.45) is 0.959. The van der Waals surface area contributed by atoms with Crippen molar-refractivity contribution in [3.63, 3.8) is 0 Å². The van der Waals surface area contributed by atoms with Crippen LogP contribution in [-0.2, 0) is 20.8 Å². The fraction of sp³-hybridized carbons (Fsp3) is 0.457. The molecule has 0 spiro atoms. The van der Waals surface area contributed by atoms with E-state index in [9.17, 15) is 27.6 Å². The van der Waals surface area contributed by atoms with Gasteiger partial charge in [0.2, 0.25) is 5.91 Å². The standard InChI is InChI=1S/C35H41ClF3N7O6/c1-34(2,3)52-33(49)45(21-22-8-9-29(26(36)15-22)51-35(37,38)39)13-10-30(47)41-12-6-11-40-27-16-23(24-18-31(48)44-42-19-24)17-28-25(27)20-43-46(28)32-7-4-5-14-50-32/h8-9,15-20,32,40H,4-7,10-14,21H2,1-3H3,(H,41,47)(H,44,48). The number of H-pyrrole nitrogens is 1. The van der Waals surface area contributed by atoms with E-state index in [2.05, 4.69) is 30.7 Å². The molecule has 3 N–H and O–H groups in total. The van der Waals surface area contributed by atoms with Gasteiger partial charge in [0, 0.05) is 61.9 Å². The molecule has 2 aromatic carbocycles. The third-order valence-corrected chi connectivity index (χ3v) is 8.29. The lowest BCUT2D eigenvalue weighted by Gasteiger charge is -2.27. The van der Waals surface area contributed by atoms with Crippen molar-refractivity contribution < 1.29 is 37.0 Å². The van der Waals surface area contributed by atoms with E-state index in [1.54, 1.807) is 33.2 Å². The first-order valence-electron chi connectivity index (χ1n) is 16.9. The Bertz CT molecular complexity index is 1920. The zero-order valence-electron chi connectivity index (χ0n) is 29.0. The first kappa shape index (κ1) is 38.4. The van der Waals surface area contributed by atoms with Gasteiger partial charge in [0.1, 0.15) is 11.4 Å². The molecule has 2 aromatic heterocycles. The second kappa shape index (κ2) is 16.7. The summed E-state index contributed by atoms with van der Waals surface area (Å²) in [5.41, 5.74) is 2.35. The predicted molar refractivity (Wildman–Crippen MR) is 188 cm³/mol. The Kier molecular flexibility index (Phi) is 12.3. The van der Waals surface area contributed by atoms with Crippen LogP contribution in [0.1, 0.15) is 64.7 Å². The maximum atomic E-state index is 13.0. The number of halogens is 4. The normalized spacial score (nSPS) is 14.9. The summed E-state index contributed by atoms with van der Waals surface area (Å²) >= 11 is 6.00. The molecule has 52 heavy (non-hydrogen) atoms. The number of nitrogens with one attached hydrogen (secondary N) is 3. The highest BCUT2D eigenvalue weighted by Crippen LogP contribution is 2.34. The topological polar surface area (TPSA) is 153 Å². The minimum Gasteiger partial charge on any atom is -0.444 e. The lowest BCUT2D eigenvalue weighted by molar-refractivity contribution is -0.274. The first-order chi connectivity index (χ1) is 24.6. The highest BCUT2D eigenvalue weighted by atomic mass is 35.5. The molecule has 1 aliphatic rings. The lowest BCUT2D eigenvalue weighted by atomic mass is 10.0. The summed E-state index contributed by atoms with van der Waals surface area (Å²) in [4.78, 5) is 39.1. The van der Waals surface area contributed by atoms with Gasteiger partial charge in [-0.1, -0.05) is 17.7 Å². The van der Waals surface area contributed by atoms with Gasteiger partial charge < -0.3 is 29.7 Å². The molecule has 0 aliphatic carbocycles. The van der Waals surface area contributed by atoms with E-state index < -0.39 is 23.8 Å². The van der Waals surface area contributed by atoms with Crippen LogP contribution in [0, 0.1) is 0 Å². The minimum atomic E-state index is -4.91. The summed E-state index contributed by atoms with van der Waals surface area (Å²) in [6.45, 7) is 6.50. The monoisotopic (exact) mass is 747 g/mol. The highest BCUT2D eigenvalue weighted by molar-refractivity contribution is 6.32.